The molecule has 266 valence electrons. The highest BCUT2D eigenvalue weighted by Crippen LogP contribution is 2.65. The Labute approximate surface area is 279 Å². The Morgan fingerprint density at radius 1 is 0.872 bits per heavy atom. The summed E-state index contributed by atoms with van der Waals surface area (Å²) >= 11 is 0. The molecule has 5 atom stereocenters. The number of nitrogens with one attached hydrogen (secondary N) is 4. The molecule has 0 aromatic carbocycles. The molecule has 1 unspecified atom stereocenters. The van der Waals surface area contributed by atoms with Crippen molar-refractivity contribution >= 4 is 35.7 Å². The second-order valence-electron chi connectivity index (χ2n) is 16.2. The molecule has 4 N–H and O–H groups in total. The van der Waals surface area contributed by atoms with Crippen LogP contribution in [0.4, 0.5) is 9.59 Å². The molecule has 5 amide bonds. The van der Waals surface area contributed by atoms with Gasteiger partial charge in [0.2, 0.25) is 17.6 Å². The van der Waals surface area contributed by atoms with Gasteiger partial charge in [-0.15, -0.1) is 6.58 Å². The van der Waals surface area contributed by atoms with E-state index < -0.39 is 70.4 Å². The minimum Gasteiger partial charge on any atom is -0.444 e. The summed E-state index contributed by atoms with van der Waals surface area (Å²) in [7, 11) is 0. The summed E-state index contributed by atoms with van der Waals surface area (Å²) in [4.78, 5) is 80.1. The Kier molecular flexibility index (Phi) is 12.7. The average molecular weight is 664 g/mol. The maximum absolute atomic E-state index is 14.1. The Morgan fingerprint density at radius 3 is 1.96 bits per heavy atom. The predicted octanol–water partition coefficient (Wildman–Crippen LogP) is 3.46. The summed E-state index contributed by atoms with van der Waals surface area (Å²) in [5, 5.41) is 10.6. The first-order valence-corrected chi connectivity index (χ1v) is 16.4. The van der Waals surface area contributed by atoms with Crippen molar-refractivity contribution in [2.24, 2.45) is 22.7 Å². The number of fused-ring (bicyclic) bond motifs is 1. The van der Waals surface area contributed by atoms with Crippen LogP contribution in [0.5, 0.6) is 0 Å². The van der Waals surface area contributed by atoms with Crippen LogP contribution in [-0.4, -0.2) is 89.6 Å². The van der Waals surface area contributed by atoms with Crippen LogP contribution in [0.15, 0.2) is 12.7 Å². The van der Waals surface area contributed by atoms with E-state index in [2.05, 4.69) is 27.8 Å². The van der Waals surface area contributed by atoms with Crippen molar-refractivity contribution in [1.82, 2.24) is 26.2 Å². The van der Waals surface area contributed by atoms with E-state index in [1.165, 1.54) is 4.90 Å². The van der Waals surface area contributed by atoms with Crippen molar-refractivity contribution in [3.05, 3.63) is 12.7 Å². The molecule has 2 fully saturated rings. The number of hydrogen-bond donors (Lipinski definition) is 4. The number of allylic oxidation sites excluding steroid dienone is 1. The van der Waals surface area contributed by atoms with E-state index >= 15 is 0 Å². The first kappa shape index (κ1) is 39.5. The summed E-state index contributed by atoms with van der Waals surface area (Å²) in [6.45, 7) is 24.3. The molecule has 1 saturated carbocycles. The Hall–Kier alpha value is -3.64. The quantitative estimate of drug-likeness (QED) is 0.132. The Morgan fingerprint density at radius 2 is 1.43 bits per heavy atom. The van der Waals surface area contributed by atoms with Gasteiger partial charge in [0.15, 0.2) is 0 Å². The smallest absolute Gasteiger partial charge is 0.408 e. The van der Waals surface area contributed by atoms with Gasteiger partial charge in [-0.1, -0.05) is 40.7 Å². The van der Waals surface area contributed by atoms with E-state index in [1.54, 1.807) is 47.6 Å². The first-order valence-electron chi connectivity index (χ1n) is 16.4. The van der Waals surface area contributed by atoms with Crippen molar-refractivity contribution in [3.63, 3.8) is 0 Å². The predicted molar refractivity (Wildman–Crippen MR) is 177 cm³/mol. The summed E-state index contributed by atoms with van der Waals surface area (Å²) in [5.74, 6) is -2.73. The number of ketones is 1. The molecular weight excluding hydrogens is 606 g/mol. The molecule has 13 heteroatoms. The van der Waals surface area contributed by atoms with Crippen LogP contribution in [-0.2, 0) is 28.7 Å². The van der Waals surface area contributed by atoms with Crippen molar-refractivity contribution < 1.29 is 38.2 Å². The van der Waals surface area contributed by atoms with E-state index in [4.69, 9.17) is 9.47 Å². The number of likely N-dealkylation sites (tertiary alicyclic amines) is 1. The van der Waals surface area contributed by atoms with Crippen molar-refractivity contribution in [1.29, 1.82) is 0 Å². The van der Waals surface area contributed by atoms with Crippen LogP contribution < -0.4 is 21.3 Å². The number of ether oxygens (including phenoxy) is 2. The highest BCUT2D eigenvalue weighted by atomic mass is 16.6. The number of carbonyl (C=O) groups excluding carboxylic acids is 6. The zero-order chi connectivity index (χ0) is 36.1. The van der Waals surface area contributed by atoms with E-state index in [9.17, 15) is 28.8 Å². The standard InChI is InChI=1S/C34H57N5O8/c1-13-14-16-21(24(40)27(42)35-17-15-18-36-29(44)46-32(5,6)7)37-26(41)23-22-20(34(22,11)12)19-39(23)28(43)25(31(2,3)4)38-30(45)47-33(8,9)10/h13,20-23,25H,1,14-19H2,2-12H3,(H,35,42)(H,36,44)(H,37,41)(H,38,45)/t20-,21?,22-,23-,25+/m0/s1. The number of rotatable bonds is 13. The molecule has 1 aliphatic carbocycles. The number of hydrogen-bond acceptors (Lipinski definition) is 8. The molecule has 0 spiro atoms. The van der Waals surface area contributed by atoms with E-state index in [1.807, 2.05) is 34.6 Å². The zero-order valence-corrected chi connectivity index (χ0v) is 30.1. The Balaban J connectivity index is 2.15. The normalized spacial score (nSPS) is 21.3. The summed E-state index contributed by atoms with van der Waals surface area (Å²) in [6.07, 6.45) is 1.13. The minimum atomic E-state index is -1.14. The maximum Gasteiger partial charge on any atom is 0.408 e. The third-order valence-electron chi connectivity index (χ3n) is 8.36. The second kappa shape index (κ2) is 15.1. The van der Waals surface area contributed by atoms with Crippen LogP contribution >= 0.6 is 0 Å². The molecule has 0 radical (unpaired) electrons. The minimum absolute atomic E-state index is 0.0595. The first-order chi connectivity index (χ1) is 21.4. The molecule has 1 aliphatic heterocycles. The van der Waals surface area contributed by atoms with Crippen LogP contribution in [0.25, 0.3) is 0 Å². The molecular formula is C34H57N5O8. The number of nitrogens with zero attached hydrogens (tertiary/aromatic N) is 1. The van der Waals surface area contributed by atoms with E-state index in [0.717, 1.165) is 0 Å². The molecule has 0 aromatic rings. The van der Waals surface area contributed by atoms with Gasteiger partial charge in [0, 0.05) is 19.6 Å². The van der Waals surface area contributed by atoms with Gasteiger partial charge in [0.05, 0.1) is 6.04 Å². The van der Waals surface area contributed by atoms with E-state index in [0.29, 0.717) is 19.4 Å². The fourth-order valence-corrected chi connectivity index (χ4v) is 5.90. The molecule has 2 aliphatic rings. The van der Waals surface area contributed by atoms with Gasteiger partial charge < -0.3 is 35.6 Å². The third-order valence-corrected chi connectivity index (χ3v) is 8.36. The fraction of sp³-hybridized carbons (Fsp3) is 0.765. The largest absolute Gasteiger partial charge is 0.444 e. The molecule has 1 heterocycles. The number of amides is 5. The molecule has 2 rings (SSSR count). The lowest BCUT2D eigenvalue weighted by atomic mass is 9.85. The van der Waals surface area contributed by atoms with Crippen molar-refractivity contribution in [2.75, 3.05) is 19.6 Å². The van der Waals surface area contributed by atoms with Gasteiger partial charge >= 0.3 is 12.2 Å². The third kappa shape index (κ3) is 11.2. The number of alkyl carbamates (subject to hydrolysis) is 2. The van der Waals surface area contributed by atoms with E-state index in [-0.39, 0.29) is 36.8 Å². The summed E-state index contributed by atoms with van der Waals surface area (Å²) in [5.41, 5.74) is -2.33. The van der Waals surface area contributed by atoms with Gasteiger partial charge in [0.1, 0.15) is 23.3 Å². The molecule has 0 bridgehead atoms. The molecule has 1 saturated heterocycles. The van der Waals surface area contributed by atoms with Crippen LogP contribution in [0.2, 0.25) is 0 Å². The molecule has 0 aromatic heterocycles. The van der Waals surface area contributed by atoms with Crippen molar-refractivity contribution in [3.8, 4) is 0 Å². The number of piperidine rings is 1. The molecule has 47 heavy (non-hydrogen) atoms. The number of carbonyl (C=O) groups is 6. The lowest BCUT2D eigenvalue weighted by Gasteiger charge is -2.38. The lowest BCUT2D eigenvalue weighted by Crippen LogP contribution is -2.60. The van der Waals surface area contributed by atoms with Gasteiger partial charge in [-0.2, -0.15) is 0 Å². The van der Waals surface area contributed by atoms with Crippen LogP contribution in [0.3, 0.4) is 0 Å². The highest BCUT2D eigenvalue weighted by Gasteiger charge is 2.70. The van der Waals surface area contributed by atoms with Gasteiger partial charge in [0.25, 0.3) is 5.91 Å². The monoisotopic (exact) mass is 663 g/mol. The second-order valence-corrected chi connectivity index (χ2v) is 16.2. The van der Waals surface area contributed by atoms with Crippen LogP contribution in [0.1, 0.15) is 95.4 Å². The van der Waals surface area contributed by atoms with Crippen LogP contribution in [0, 0.1) is 22.7 Å². The maximum atomic E-state index is 14.1. The Bertz CT molecular complexity index is 1210. The SMILES string of the molecule is C=CCCC(NC(=O)[C@@H]1[C@@H]2[C@H](CN1C(=O)[C@@H](NC(=O)OC(C)(C)C)C(C)(C)C)C2(C)C)C(=O)C(=O)NCCCNC(=O)OC(C)(C)C. The fourth-order valence-electron chi connectivity index (χ4n) is 5.90. The summed E-state index contributed by atoms with van der Waals surface area (Å²) < 4.78 is 10.6. The summed E-state index contributed by atoms with van der Waals surface area (Å²) in [6, 6.07) is -3.02. The highest BCUT2D eigenvalue weighted by molar-refractivity contribution is 6.38. The lowest BCUT2D eigenvalue weighted by molar-refractivity contribution is -0.145. The van der Waals surface area contributed by atoms with Gasteiger partial charge in [-0.25, -0.2) is 9.59 Å². The average Bonchev–Trinajstić information content (AvgIpc) is 3.23. The molecule has 13 nitrogen and oxygen atoms in total. The topological polar surface area (TPSA) is 172 Å². The van der Waals surface area contributed by atoms with Gasteiger partial charge in [-0.05, 0) is 83.5 Å². The van der Waals surface area contributed by atoms with Crippen molar-refractivity contribution in [2.45, 2.75) is 125 Å². The van der Waals surface area contributed by atoms with Gasteiger partial charge in [-0.3, -0.25) is 19.2 Å². The number of Topliss-reactive ketones (excluding diaryl/α,β-unsaturated/α-hetero) is 1. The zero-order valence-electron chi connectivity index (χ0n) is 30.1.